The number of benzene rings is 2. The molecule has 5 amide bonds. The molecule has 0 bridgehead atoms. The molecule has 8 nitrogen and oxygen atoms in total. The predicted molar refractivity (Wildman–Crippen MR) is 107 cm³/mol. The number of nitrogens with zero attached hydrogens (tertiary/aromatic N) is 2. The first kappa shape index (κ1) is 20.1. The number of rotatable bonds is 5. The molecule has 1 atom stereocenters. The molecular weight excluding hydrogens is 372 g/mol. The number of imide groups is 1. The Morgan fingerprint density at radius 1 is 1.03 bits per heavy atom. The Hall–Kier alpha value is -3.68. The lowest BCUT2D eigenvalue weighted by molar-refractivity contribution is -0.133. The number of amides is 5. The van der Waals surface area contributed by atoms with Crippen molar-refractivity contribution in [1.82, 2.24) is 15.1 Å². The zero-order chi connectivity index (χ0) is 21.2. The Balaban J connectivity index is 1.67. The third kappa shape index (κ3) is 3.96. The molecule has 29 heavy (non-hydrogen) atoms. The van der Waals surface area contributed by atoms with Crippen molar-refractivity contribution in [3.63, 3.8) is 0 Å². The quantitative estimate of drug-likeness (QED) is 0.756. The Bertz CT molecular complexity index is 956. The van der Waals surface area contributed by atoms with Crippen molar-refractivity contribution < 1.29 is 19.2 Å². The summed E-state index contributed by atoms with van der Waals surface area (Å²) < 4.78 is 0. The van der Waals surface area contributed by atoms with Gasteiger partial charge in [0.05, 0.1) is 0 Å². The summed E-state index contributed by atoms with van der Waals surface area (Å²) in [5, 5.41) is 5.30. The first-order valence-electron chi connectivity index (χ1n) is 9.03. The summed E-state index contributed by atoms with van der Waals surface area (Å²) in [7, 11) is 3.30. The Labute approximate surface area is 168 Å². The highest BCUT2D eigenvalue weighted by atomic mass is 16.2. The number of carbonyl (C=O) groups is 4. The Morgan fingerprint density at radius 3 is 2.24 bits per heavy atom. The van der Waals surface area contributed by atoms with Crippen molar-refractivity contribution in [2.45, 2.75) is 12.5 Å². The van der Waals surface area contributed by atoms with E-state index in [0.717, 1.165) is 4.90 Å². The van der Waals surface area contributed by atoms with Crippen molar-refractivity contribution >= 4 is 29.4 Å². The van der Waals surface area contributed by atoms with Crippen LogP contribution in [0.1, 0.15) is 22.8 Å². The fourth-order valence-electron chi connectivity index (χ4n) is 3.11. The van der Waals surface area contributed by atoms with Gasteiger partial charge >= 0.3 is 6.03 Å². The summed E-state index contributed by atoms with van der Waals surface area (Å²) in [4.78, 5) is 51.8. The largest absolute Gasteiger partial charge is 0.345 e. The molecule has 1 heterocycles. The van der Waals surface area contributed by atoms with Crippen LogP contribution in [0, 0.1) is 0 Å². The lowest BCUT2D eigenvalue weighted by Gasteiger charge is -2.22. The molecule has 2 aromatic rings. The summed E-state index contributed by atoms with van der Waals surface area (Å²) in [5.41, 5.74) is 0.374. The van der Waals surface area contributed by atoms with Gasteiger partial charge in [0, 0.05) is 25.3 Å². The van der Waals surface area contributed by atoms with E-state index in [-0.39, 0.29) is 5.91 Å². The molecule has 1 aliphatic heterocycles. The molecule has 150 valence electrons. The van der Waals surface area contributed by atoms with Crippen molar-refractivity contribution in [1.29, 1.82) is 0 Å². The van der Waals surface area contributed by atoms with Crippen LogP contribution in [0.15, 0.2) is 54.6 Å². The van der Waals surface area contributed by atoms with E-state index in [2.05, 4.69) is 10.6 Å². The zero-order valence-electron chi connectivity index (χ0n) is 16.4. The van der Waals surface area contributed by atoms with Crippen molar-refractivity contribution in [3.05, 3.63) is 65.7 Å². The normalized spacial score (nSPS) is 18.4. The van der Waals surface area contributed by atoms with Gasteiger partial charge in [-0.05, 0) is 36.8 Å². The van der Waals surface area contributed by atoms with Gasteiger partial charge in [-0.25, -0.2) is 4.79 Å². The minimum atomic E-state index is -1.22. The van der Waals surface area contributed by atoms with Gasteiger partial charge < -0.3 is 15.5 Å². The average Bonchev–Trinajstić information content (AvgIpc) is 2.92. The van der Waals surface area contributed by atoms with E-state index in [0.29, 0.717) is 16.8 Å². The van der Waals surface area contributed by atoms with Crippen LogP contribution in [0.25, 0.3) is 0 Å². The second-order valence-corrected chi connectivity index (χ2v) is 7.14. The highest BCUT2D eigenvalue weighted by Crippen LogP contribution is 2.28. The van der Waals surface area contributed by atoms with E-state index in [9.17, 15) is 19.2 Å². The minimum Gasteiger partial charge on any atom is -0.345 e. The van der Waals surface area contributed by atoms with Crippen molar-refractivity contribution in [2.75, 3.05) is 26.0 Å². The monoisotopic (exact) mass is 394 g/mol. The number of carbonyl (C=O) groups excluding carboxylic acids is 4. The second-order valence-electron chi connectivity index (χ2n) is 7.14. The second kappa shape index (κ2) is 7.75. The van der Waals surface area contributed by atoms with Crippen LogP contribution >= 0.6 is 0 Å². The predicted octanol–water partition coefficient (Wildman–Crippen LogP) is 1.79. The SMILES string of the molecule is CN(C)C(=O)c1ccc(NC(=O)CN2C(=O)N[C@](C)(c3ccccc3)C2=O)cc1. The van der Waals surface area contributed by atoms with Crippen molar-refractivity contribution in [3.8, 4) is 0 Å². The summed E-state index contributed by atoms with van der Waals surface area (Å²) >= 11 is 0. The maximum Gasteiger partial charge on any atom is 0.325 e. The van der Waals surface area contributed by atoms with E-state index in [1.807, 2.05) is 6.07 Å². The van der Waals surface area contributed by atoms with Gasteiger partial charge in [0.2, 0.25) is 5.91 Å². The summed E-state index contributed by atoms with van der Waals surface area (Å²) in [6, 6.07) is 14.6. The molecule has 0 aliphatic carbocycles. The summed E-state index contributed by atoms with van der Waals surface area (Å²) in [5.74, 6) is -1.16. The van der Waals surface area contributed by atoms with Gasteiger partial charge in [0.1, 0.15) is 12.1 Å². The number of hydrogen-bond acceptors (Lipinski definition) is 4. The van der Waals surface area contributed by atoms with Gasteiger partial charge in [0.25, 0.3) is 11.8 Å². The number of anilines is 1. The van der Waals surface area contributed by atoms with Gasteiger partial charge in [-0.2, -0.15) is 0 Å². The first-order valence-corrected chi connectivity index (χ1v) is 9.03. The molecule has 8 heteroatoms. The maximum atomic E-state index is 12.8. The molecule has 1 saturated heterocycles. The van der Waals surface area contributed by atoms with Gasteiger partial charge in [-0.15, -0.1) is 0 Å². The van der Waals surface area contributed by atoms with Crippen LogP contribution in [0.4, 0.5) is 10.5 Å². The lowest BCUT2D eigenvalue weighted by Crippen LogP contribution is -2.42. The maximum absolute atomic E-state index is 12.8. The Morgan fingerprint density at radius 2 is 1.66 bits per heavy atom. The minimum absolute atomic E-state index is 0.151. The highest BCUT2D eigenvalue weighted by Gasteiger charge is 2.49. The van der Waals surface area contributed by atoms with E-state index < -0.39 is 29.9 Å². The molecular formula is C21H22N4O4. The van der Waals surface area contributed by atoms with Crippen LogP contribution in [-0.4, -0.2) is 54.2 Å². The number of hydrogen-bond donors (Lipinski definition) is 2. The molecule has 2 aromatic carbocycles. The zero-order valence-corrected chi connectivity index (χ0v) is 16.4. The smallest absolute Gasteiger partial charge is 0.325 e. The number of urea groups is 1. The van der Waals surface area contributed by atoms with Crippen molar-refractivity contribution in [2.24, 2.45) is 0 Å². The van der Waals surface area contributed by atoms with Crippen LogP contribution in [-0.2, 0) is 15.1 Å². The van der Waals surface area contributed by atoms with Gasteiger partial charge in [-0.3, -0.25) is 19.3 Å². The molecule has 0 spiro atoms. The lowest BCUT2D eigenvalue weighted by atomic mass is 9.92. The standard InChI is InChI=1S/C21H22N4O4/c1-21(15-7-5-4-6-8-15)19(28)25(20(29)23-21)13-17(26)22-16-11-9-14(10-12-16)18(27)24(2)3/h4-12H,13H2,1-3H3,(H,22,26)(H,23,29)/t21-/m1/s1. The Kier molecular flexibility index (Phi) is 5.36. The topological polar surface area (TPSA) is 98.8 Å². The molecule has 0 unspecified atom stereocenters. The number of nitrogens with one attached hydrogen (secondary N) is 2. The summed E-state index contributed by atoms with van der Waals surface area (Å²) in [6.45, 7) is 1.20. The first-order chi connectivity index (χ1) is 13.7. The van der Waals surface area contributed by atoms with Crippen LogP contribution in [0.5, 0.6) is 0 Å². The summed E-state index contributed by atoms with van der Waals surface area (Å²) in [6.07, 6.45) is 0. The van der Waals surface area contributed by atoms with E-state index in [4.69, 9.17) is 0 Å². The van der Waals surface area contributed by atoms with E-state index in [1.54, 1.807) is 69.6 Å². The van der Waals surface area contributed by atoms with Gasteiger partial charge in [-0.1, -0.05) is 30.3 Å². The average molecular weight is 394 g/mol. The fourth-order valence-corrected chi connectivity index (χ4v) is 3.11. The molecule has 3 rings (SSSR count). The van der Waals surface area contributed by atoms with Crippen LogP contribution in [0.3, 0.4) is 0 Å². The molecule has 1 fully saturated rings. The third-order valence-corrected chi connectivity index (χ3v) is 4.75. The fraction of sp³-hybridized carbons (Fsp3) is 0.238. The highest BCUT2D eigenvalue weighted by molar-refractivity contribution is 6.10. The van der Waals surface area contributed by atoms with Crippen LogP contribution in [0.2, 0.25) is 0 Å². The van der Waals surface area contributed by atoms with E-state index >= 15 is 0 Å². The molecule has 2 N–H and O–H groups in total. The molecule has 0 radical (unpaired) electrons. The van der Waals surface area contributed by atoms with Gasteiger partial charge in [0.15, 0.2) is 0 Å². The molecule has 0 saturated carbocycles. The third-order valence-electron chi connectivity index (χ3n) is 4.75. The molecule has 1 aliphatic rings. The molecule has 0 aromatic heterocycles. The van der Waals surface area contributed by atoms with E-state index in [1.165, 1.54) is 4.90 Å². The van der Waals surface area contributed by atoms with Crippen LogP contribution < -0.4 is 10.6 Å².